The van der Waals surface area contributed by atoms with Crippen molar-refractivity contribution in [3.05, 3.63) is 76.5 Å². The van der Waals surface area contributed by atoms with Crippen molar-refractivity contribution in [2.75, 3.05) is 6.61 Å². The monoisotopic (exact) mass is 385 g/mol. The minimum atomic E-state index is -0.871. The van der Waals surface area contributed by atoms with E-state index in [2.05, 4.69) is 4.98 Å². The van der Waals surface area contributed by atoms with Gasteiger partial charge in [0, 0.05) is 10.9 Å². The Balaban J connectivity index is 1.93. The average molecular weight is 385 g/mol. The van der Waals surface area contributed by atoms with Crippen molar-refractivity contribution in [1.82, 2.24) is 4.98 Å². The number of ether oxygens (including phenoxy) is 1. The van der Waals surface area contributed by atoms with Crippen LogP contribution in [-0.4, -0.2) is 17.6 Å². The second-order valence-corrected chi connectivity index (χ2v) is 6.70. The van der Waals surface area contributed by atoms with Crippen LogP contribution in [0.1, 0.15) is 47.1 Å². The van der Waals surface area contributed by atoms with Crippen molar-refractivity contribution in [1.29, 1.82) is 0 Å². The van der Waals surface area contributed by atoms with Crippen molar-refractivity contribution in [2.45, 2.75) is 33.4 Å². The van der Waals surface area contributed by atoms with Crippen molar-refractivity contribution in [3.8, 4) is 0 Å². The summed E-state index contributed by atoms with van der Waals surface area (Å²) in [6.45, 7) is 6.22. The number of hydrogen-bond donors (Lipinski definition) is 1. The molecule has 0 bridgehead atoms. The number of halogens is 2. The van der Waals surface area contributed by atoms with Crippen LogP contribution in [0.5, 0.6) is 0 Å². The molecule has 0 spiro atoms. The summed E-state index contributed by atoms with van der Waals surface area (Å²) < 4.78 is 31.9. The zero-order valence-corrected chi connectivity index (χ0v) is 16.1. The molecule has 146 valence electrons. The fourth-order valence-electron chi connectivity index (χ4n) is 3.28. The predicted octanol–water partition coefficient (Wildman–Crippen LogP) is 3.82. The first-order chi connectivity index (χ1) is 13.4. The van der Waals surface area contributed by atoms with Gasteiger partial charge in [0.05, 0.1) is 17.7 Å². The highest BCUT2D eigenvalue weighted by Crippen LogP contribution is 2.23. The summed E-state index contributed by atoms with van der Waals surface area (Å²) in [6.07, 6.45) is 0. The molecule has 0 saturated carbocycles. The van der Waals surface area contributed by atoms with Gasteiger partial charge in [0.15, 0.2) is 11.6 Å². The lowest BCUT2D eigenvalue weighted by Crippen LogP contribution is -2.83. The number of para-hydroxylation sites is 1. The van der Waals surface area contributed by atoms with Crippen molar-refractivity contribution in [3.63, 3.8) is 0 Å². The Bertz CT molecular complexity index is 1020. The van der Waals surface area contributed by atoms with Gasteiger partial charge in [0.1, 0.15) is 18.3 Å². The van der Waals surface area contributed by atoms with Gasteiger partial charge in [-0.15, -0.1) is 0 Å². The summed E-state index contributed by atoms with van der Waals surface area (Å²) in [5.74, 6) is -2.14. The van der Waals surface area contributed by atoms with Crippen LogP contribution < -0.4 is 5.32 Å². The normalized spacial score (nSPS) is 12.2. The van der Waals surface area contributed by atoms with E-state index in [0.29, 0.717) is 23.4 Å². The lowest BCUT2D eigenvalue weighted by Gasteiger charge is -2.15. The number of rotatable bonds is 6. The molecule has 0 aliphatic carbocycles. The molecule has 0 radical (unpaired) electrons. The number of carbonyl (C=O) groups excluding carboxylic acids is 1. The number of carbonyl (C=O) groups is 1. The summed E-state index contributed by atoms with van der Waals surface area (Å²) in [6, 6.07) is 11.4. The molecule has 0 amide bonds. The van der Waals surface area contributed by atoms with Gasteiger partial charge in [-0.25, -0.2) is 18.6 Å². The molecule has 28 heavy (non-hydrogen) atoms. The molecular formula is C22H23F2N2O2+. The number of benzene rings is 2. The Kier molecular flexibility index (Phi) is 5.99. The molecule has 0 unspecified atom stereocenters. The highest BCUT2D eigenvalue weighted by Gasteiger charge is 2.22. The number of nitrogens with two attached hydrogens (primary N) is 1. The van der Waals surface area contributed by atoms with Crippen LogP contribution in [0.15, 0.2) is 42.5 Å². The second-order valence-electron chi connectivity index (χ2n) is 6.70. The third kappa shape index (κ3) is 4.02. The fraction of sp³-hybridized carbons (Fsp3) is 0.273. The molecule has 3 rings (SSSR count). The van der Waals surface area contributed by atoms with Crippen LogP contribution in [0.2, 0.25) is 0 Å². The van der Waals surface area contributed by atoms with E-state index >= 15 is 0 Å². The maximum absolute atomic E-state index is 13.5. The Morgan fingerprint density at radius 1 is 1.18 bits per heavy atom. The topological polar surface area (TPSA) is 55.8 Å². The quantitative estimate of drug-likeness (QED) is 0.657. The SMILES string of the molecule is CCOC(=O)c1c(C[NH2+][C@@H](C)c2ccc(F)c(F)c2)nc2ccccc2c1C. The molecule has 3 aromatic rings. The van der Waals surface area contributed by atoms with Crippen molar-refractivity contribution < 1.29 is 23.6 Å². The number of nitrogens with zero attached hydrogens (tertiary/aromatic N) is 1. The van der Waals surface area contributed by atoms with Crippen LogP contribution in [0.25, 0.3) is 10.9 Å². The number of aryl methyl sites for hydroxylation is 1. The number of pyridine rings is 1. The first kappa shape index (κ1) is 19.9. The van der Waals surface area contributed by atoms with Gasteiger partial charge in [-0.3, -0.25) is 0 Å². The van der Waals surface area contributed by atoms with Crippen LogP contribution in [-0.2, 0) is 11.3 Å². The first-order valence-electron chi connectivity index (χ1n) is 9.26. The molecule has 0 aliphatic heterocycles. The second kappa shape index (κ2) is 8.44. The number of fused-ring (bicyclic) bond motifs is 1. The van der Waals surface area contributed by atoms with Crippen LogP contribution in [0.3, 0.4) is 0 Å². The number of aromatic nitrogens is 1. The molecule has 6 heteroatoms. The van der Waals surface area contributed by atoms with E-state index in [0.717, 1.165) is 22.5 Å². The Labute approximate surface area is 162 Å². The number of esters is 1. The highest BCUT2D eigenvalue weighted by molar-refractivity contribution is 5.98. The summed E-state index contributed by atoms with van der Waals surface area (Å²) in [7, 11) is 0. The van der Waals surface area contributed by atoms with Gasteiger partial charge >= 0.3 is 5.97 Å². The molecule has 1 heterocycles. The number of quaternary nitrogens is 1. The summed E-state index contributed by atoms with van der Waals surface area (Å²) >= 11 is 0. The molecule has 0 saturated heterocycles. The molecule has 4 nitrogen and oxygen atoms in total. The smallest absolute Gasteiger partial charge is 0.340 e. The Hall–Kier alpha value is -2.86. The van der Waals surface area contributed by atoms with E-state index in [4.69, 9.17) is 4.74 Å². The third-order valence-electron chi connectivity index (χ3n) is 4.84. The molecule has 0 aliphatic rings. The van der Waals surface area contributed by atoms with Crippen LogP contribution in [0.4, 0.5) is 8.78 Å². The van der Waals surface area contributed by atoms with Gasteiger partial charge in [-0.1, -0.05) is 18.2 Å². The maximum Gasteiger partial charge on any atom is 0.340 e. The van der Waals surface area contributed by atoms with E-state index in [1.54, 1.807) is 13.0 Å². The standard InChI is InChI=1S/C22H22F2N2O2/c1-4-28-22(27)21-13(2)16-7-5-6-8-19(16)26-20(21)12-25-14(3)15-9-10-17(23)18(24)11-15/h5-11,14,25H,4,12H2,1-3H3/p+1/t14-/m0/s1. The van der Waals surface area contributed by atoms with Gasteiger partial charge in [0.25, 0.3) is 0 Å². The Morgan fingerprint density at radius 2 is 1.93 bits per heavy atom. The minimum Gasteiger partial charge on any atom is -0.462 e. The summed E-state index contributed by atoms with van der Waals surface area (Å²) in [4.78, 5) is 17.2. The third-order valence-corrected chi connectivity index (χ3v) is 4.84. The predicted molar refractivity (Wildman–Crippen MR) is 103 cm³/mol. The highest BCUT2D eigenvalue weighted by atomic mass is 19.2. The van der Waals surface area contributed by atoms with E-state index < -0.39 is 17.6 Å². The van der Waals surface area contributed by atoms with Crippen LogP contribution in [0, 0.1) is 18.6 Å². The number of hydrogen-bond acceptors (Lipinski definition) is 3. The van der Waals surface area contributed by atoms with Gasteiger partial charge < -0.3 is 10.1 Å². The molecule has 1 atom stereocenters. The largest absolute Gasteiger partial charge is 0.462 e. The molecule has 0 fully saturated rings. The fourth-order valence-corrected chi connectivity index (χ4v) is 3.28. The van der Waals surface area contributed by atoms with E-state index in [1.165, 1.54) is 6.07 Å². The van der Waals surface area contributed by atoms with Crippen LogP contribution >= 0.6 is 0 Å². The molecule has 2 aromatic carbocycles. The lowest BCUT2D eigenvalue weighted by atomic mass is 10.0. The van der Waals surface area contributed by atoms with Gasteiger partial charge in [-0.05, 0) is 50.6 Å². The summed E-state index contributed by atoms with van der Waals surface area (Å²) in [5.41, 5.74) is 3.37. The lowest BCUT2D eigenvalue weighted by molar-refractivity contribution is -0.708. The molecular weight excluding hydrogens is 362 g/mol. The maximum atomic E-state index is 13.5. The first-order valence-corrected chi connectivity index (χ1v) is 9.26. The van der Waals surface area contributed by atoms with Gasteiger partial charge in [0.2, 0.25) is 0 Å². The van der Waals surface area contributed by atoms with Crippen molar-refractivity contribution in [2.24, 2.45) is 0 Å². The molecule has 1 aromatic heterocycles. The summed E-state index contributed by atoms with van der Waals surface area (Å²) in [5, 5.41) is 2.84. The average Bonchev–Trinajstić information content (AvgIpc) is 2.68. The van der Waals surface area contributed by atoms with E-state index in [9.17, 15) is 13.6 Å². The Morgan fingerprint density at radius 3 is 2.64 bits per heavy atom. The van der Waals surface area contributed by atoms with E-state index in [1.807, 2.05) is 43.4 Å². The van der Waals surface area contributed by atoms with E-state index in [-0.39, 0.29) is 12.6 Å². The zero-order chi connectivity index (χ0) is 20.3. The molecule has 2 N–H and O–H groups in total. The van der Waals surface area contributed by atoms with Crippen molar-refractivity contribution >= 4 is 16.9 Å². The minimum absolute atomic E-state index is 0.140. The van der Waals surface area contributed by atoms with Gasteiger partial charge in [-0.2, -0.15) is 0 Å². The zero-order valence-electron chi connectivity index (χ0n) is 16.1.